The van der Waals surface area contributed by atoms with Gasteiger partial charge in [-0.05, 0) is 24.3 Å². The fourth-order valence-corrected chi connectivity index (χ4v) is 2.52. The third-order valence-electron chi connectivity index (χ3n) is 3.96. The van der Waals surface area contributed by atoms with Crippen molar-refractivity contribution in [2.75, 3.05) is 26.1 Å². The molecule has 30 heavy (non-hydrogen) atoms. The standard InChI is InChI=1S/C22H21NO7/c1-26-18-10-15(11-19(12-18)27-2)23-21(24)14-29-22(25)20-9-8-17(30-20)13-28-16-6-4-3-5-7-16/h3-12H,13-14H2,1-2H3,(H,23,24). The molecule has 0 aliphatic rings. The average molecular weight is 411 g/mol. The number of esters is 1. The topological polar surface area (TPSA) is 96.2 Å². The second kappa shape index (κ2) is 10.0. The van der Waals surface area contributed by atoms with Gasteiger partial charge in [0.25, 0.3) is 5.91 Å². The Hall–Kier alpha value is -3.94. The van der Waals surface area contributed by atoms with Gasteiger partial charge in [0.05, 0.1) is 14.2 Å². The predicted molar refractivity (Wildman–Crippen MR) is 108 cm³/mol. The summed E-state index contributed by atoms with van der Waals surface area (Å²) in [6.07, 6.45) is 0. The van der Waals surface area contributed by atoms with Crippen molar-refractivity contribution < 1.29 is 33.0 Å². The molecule has 8 heteroatoms. The molecule has 0 bridgehead atoms. The van der Waals surface area contributed by atoms with Gasteiger partial charge in [-0.2, -0.15) is 0 Å². The summed E-state index contributed by atoms with van der Waals surface area (Å²) in [5.41, 5.74) is 0.450. The number of hydrogen-bond acceptors (Lipinski definition) is 7. The number of anilines is 1. The van der Waals surface area contributed by atoms with Crippen LogP contribution in [0.25, 0.3) is 0 Å². The van der Waals surface area contributed by atoms with Crippen LogP contribution in [-0.4, -0.2) is 32.7 Å². The fraction of sp³-hybridized carbons (Fsp3) is 0.182. The summed E-state index contributed by atoms with van der Waals surface area (Å²) in [6, 6.07) is 17.2. The van der Waals surface area contributed by atoms with Crippen LogP contribution >= 0.6 is 0 Å². The molecule has 1 N–H and O–H groups in total. The van der Waals surface area contributed by atoms with Crippen LogP contribution in [0.5, 0.6) is 17.2 Å². The highest BCUT2D eigenvalue weighted by atomic mass is 16.6. The van der Waals surface area contributed by atoms with Crippen molar-refractivity contribution in [2.24, 2.45) is 0 Å². The van der Waals surface area contributed by atoms with Crippen LogP contribution in [0.2, 0.25) is 0 Å². The Kier molecular flexibility index (Phi) is 6.94. The maximum atomic E-state index is 12.1. The fourth-order valence-electron chi connectivity index (χ4n) is 2.52. The van der Waals surface area contributed by atoms with Crippen LogP contribution in [-0.2, 0) is 16.1 Å². The molecule has 0 radical (unpaired) electrons. The lowest BCUT2D eigenvalue weighted by atomic mass is 10.2. The van der Waals surface area contributed by atoms with Crippen molar-refractivity contribution in [3.63, 3.8) is 0 Å². The van der Waals surface area contributed by atoms with Crippen LogP contribution in [0.4, 0.5) is 5.69 Å². The maximum Gasteiger partial charge on any atom is 0.374 e. The summed E-state index contributed by atoms with van der Waals surface area (Å²) < 4.78 is 26.3. The molecule has 0 aliphatic heterocycles. The van der Waals surface area contributed by atoms with E-state index in [0.717, 1.165) is 0 Å². The Bertz CT molecular complexity index is 975. The molecule has 1 aromatic heterocycles. The Morgan fingerprint density at radius 1 is 0.900 bits per heavy atom. The first-order valence-electron chi connectivity index (χ1n) is 9.04. The van der Waals surface area contributed by atoms with E-state index >= 15 is 0 Å². The summed E-state index contributed by atoms with van der Waals surface area (Å²) in [5, 5.41) is 2.62. The smallest absolute Gasteiger partial charge is 0.374 e. The molecule has 8 nitrogen and oxygen atoms in total. The molecule has 0 atom stereocenters. The zero-order valence-electron chi connectivity index (χ0n) is 16.5. The maximum absolute atomic E-state index is 12.1. The van der Waals surface area contributed by atoms with Gasteiger partial charge in [0.1, 0.15) is 29.6 Å². The molecule has 1 heterocycles. The first-order valence-corrected chi connectivity index (χ1v) is 9.04. The van der Waals surface area contributed by atoms with Crippen LogP contribution in [0.3, 0.4) is 0 Å². The lowest BCUT2D eigenvalue weighted by molar-refractivity contribution is -0.119. The van der Waals surface area contributed by atoms with E-state index < -0.39 is 18.5 Å². The summed E-state index contributed by atoms with van der Waals surface area (Å²) >= 11 is 0. The van der Waals surface area contributed by atoms with E-state index in [1.54, 1.807) is 24.3 Å². The van der Waals surface area contributed by atoms with Crippen LogP contribution in [0.15, 0.2) is 65.1 Å². The van der Waals surface area contributed by atoms with Gasteiger partial charge < -0.3 is 28.7 Å². The molecule has 3 aromatic rings. The van der Waals surface area contributed by atoms with Gasteiger partial charge in [-0.3, -0.25) is 4.79 Å². The molecule has 0 saturated carbocycles. The quantitative estimate of drug-likeness (QED) is 0.537. The predicted octanol–water partition coefficient (Wildman–Crippen LogP) is 3.67. The zero-order valence-corrected chi connectivity index (χ0v) is 16.5. The van der Waals surface area contributed by atoms with Crippen LogP contribution in [0, 0.1) is 0 Å². The van der Waals surface area contributed by atoms with Crippen LogP contribution < -0.4 is 19.5 Å². The Morgan fingerprint density at radius 3 is 2.27 bits per heavy atom. The number of para-hydroxylation sites is 1. The highest BCUT2D eigenvalue weighted by Gasteiger charge is 2.15. The van der Waals surface area contributed by atoms with Gasteiger partial charge in [-0.1, -0.05) is 18.2 Å². The molecule has 3 rings (SSSR count). The van der Waals surface area contributed by atoms with E-state index in [2.05, 4.69) is 5.32 Å². The van der Waals surface area contributed by atoms with Crippen molar-refractivity contribution in [3.05, 3.63) is 72.2 Å². The molecule has 0 spiro atoms. The zero-order chi connectivity index (χ0) is 21.3. The van der Waals surface area contributed by atoms with Crippen LogP contribution in [0.1, 0.15) is 16.3 Å². The molecule has 2 aromatic carbocycles. The Balaban J connectivity index is 1.49. The highest BCUT2D eigenvalue weighted by Crippen LogP contribution is 2.25. The van der Waals surface area contributed by atoms with E-state index in [1.807, 2.05) is 30.3 Å². The number of amides is 1. The van der Waals surface area contributed by atoms with Gasteiger partial charge in [-0.15, -0.1) is 0 Å². The monoisotopic (exact) mass is 411 g/mol. The molecule has 1 amide bonds. The minimum absolute atomic E-state index is 0.0162. The molecule has 0 unspecified atom stereocenters. The summed E-state index contributed by atoms with van der Waals surface area (Å²) in [5.74, 6) is 0.891. The summed E-state index contributed by atoms with van der Waals surface area (Å²) in [4.78, 5) is 24.2. The third kappa shape index (κ3) is 5.78. The van der Waals surface area contributed by atoms with Crippen molar-refractivity contribution in [3.8, 4) is 17.2 Å². The number of carbonyl (C=O) groups is 2. The van der Waals surface area contributed by atoms with Gasteiger partial charge >= 0.3 is 5.97 Å². The van der Waals surface area contributed by atoms with Gasteiger partial charge in [0.15, 0.2) is 6.61 Å². The van der Waals surface area contributed by atoms with E-state index in [0.29, 0.717) is 28.7 Å². The lowest BCUT2D eigenvalue weighted by Crippen LogP contribution is -2.20. The molecule has 0 fully saturated rings. The molecule has 0 saturated heterocycles. The van der Waals surface area contributed by atoms with Crippen molar-refractivity contribution in [1.29, 1.82) is 0 Å². The second-order valence-corrected chi connectivity index (χ2v) is 6.09. The molecule has 0 aliphatic carbocycles. The first kappa shape index (κ1) is 20.8. The molecule has 156 valence electrons. The van der Waals surface area contributed by atoms with Crippen molar-refractivity contribution >= 4 is 17.6 Å². The minimum atomic E-state index is -0.751. The largest absolute Gasteiger partial charge is 0.497 e. The first-order chi connectivity index (χ1) is 14.6. The number of methoxy groups -OCH3 is 2. The number of carbonyl (C=O) groups excluding carboxylic acids is 2. The van der Waals surface area contributed by atoms with Gasteiger partial charge in [-0.25, -0.2) is 4.79 Å². The number of rotatable bonds is 9. The summed E-state index contributed by atoms with van der Waals surface area (Å²) in [7, 11) is 3.01. The van der Waals surface area contributed by atoms with Gasteiger partial charge in [0, 0.05) is 23.9 Å². The Labute approximate surface area is 173 Å². The number of ether oxygens (including phenoxy) is 4. The molecular formula is C22H21NO7. The normalized spacial score (nSPS) is 10.2. The van der Waals surface area contributed by atoms with E-state index in [1.165, 1.54) is 20.3 Å². The van der Waals surface area contributed by atoms with Crippen molar-refractivity contribution in [1.82, 2.24) is 0 Å². The van der Waals surface area contributed by atoms with E-state index in [-0.39, 0.29) is 12.4 Å². The summed E-state index contributed by atoms with van der Waals surface area (Å²) in [6.45, 7) is -0.315. The SMILES string of the molecule is COc1cc(NC(=O)COC(=O)c2ccc(COc3ccccc3)o2)cc(OC)c1. The number of benzene rings is 2. The van der Waals surface area contributed by atoms with E-state index in [9.17, 15) is 9.59 Å². The van der Waals surface area contributed by atoms with Gasteiger partial charge in [0.2, 0.25) is 5.76 Å². The average Bonchev–Trinajstić information content (AvgIpc) is 3.25. The van der Waals surface area contributed by atoms with Crippen molar-refractivity contribution in [2.45, 2.75) is 6.61 Å². The second-order valence-electron chi connectivity index (χ2n) is 6.09. The van der Waals surface area contributed by atoms with E-state index in [4.69, 9.17) is 23.4 Å². The minimum Gasteiger partial charge on any atom is -0.497 e. The third-order valence-corrected chi connectivity index (χ3v) is 3.96. The number of furan rings is 1. The molecular weight excluding hydrogens is 390 g/mol. The Morgan fingerprint density at radius 2 is 1.60 bits per heavy atom. The number of hydrogen-bond donors (Lipinski definition) is 1. The number of nitrogens with one attached hydrogen (secondary N) is 1. The highest BCUT2D eigenvalue weighted by molar-refractivity contribution is 5.94. The lowest BCUT2D eigenvalue weighted by Gasteiger charge is -2.10.